The molecule has 0 radical (unpaired) electrons. The number of ketones is 1. The fourth-order valence-electron chi connectivity index (χ4n) is 2.24. The number of aromatic nitrogens is 2. The first-order valence-corrected chi connectivity index (χ1v) is 8.02. The first kappa shape index (κ1) is 16.8. The highest BCUT2D eigenvalue weighted by molar-refractivity contribution is 6.39. The average Bonchev–Trinajstić information content (AvgIpc) is 3.02. The molecule has 0 N–H and O–H groups in total. The molecule has 1 aromatic carbocycles. The van der Waals surface area contributed by atoms with Gasteiger partial charge in [0.25, 0.3) is 0 Å². The highest BCUT2D eigenvalue weighted by atomic mass is 35.5. The van der Waals surface area contributed by atoms with E-state index in [4.69, 9.17) is 23.2 Å². The minimum atomic E-state index is -0.133. The molecule has 1 heterocycles. The molecule has 0 aliphatic carbocycles. The standard InChI is InChI=1S/C17H18Cl2N2O/c1-3-12(4-2)9-16(21-8-7-20-11-21)17(22)14-6-5-13(18)10-15(14)19/h5-12H,3-4H2,1-2H3/b16-9-. The number of rotatable bonds is 6. The summed E-state index contributed by atoms with van der Waals surface area (Å²) in [4.78, 5) is 16.9. The van der Waals surface area contributed by atoms with Crippen LogP contribution in [-0.2, 0) is 0 Å². The van der Waals surface area contributed by atoms with Gasteiger partial charge in [0.1, 0.15) is 0 Å². The molecule has 0 atom stereocenters. The largest absolute Gasteiger partial charge is 0.303 e. The normalized spacial score (nSPS) is 12.0. The maximum absolute atomic E-state index is 12.9. The number of carbonyl (C=O) groups excluding carboxylic acids is 1. The summed E-state index contributed by atoms with van der Waals surface area (Å²) >= 11 is 12.1. The summed E-state index contributed by atoms with van der Waals surface area (Å²) in [6.45, 7) is 4.21. The number of allylic oxidation sites excluding steroid dienone is 2. The van der Waals surface area contributed by atoms with E-state index in [-0.39, 0.29) is 5.78 Å². The van der Waals surface area contributed by atoms with Crippen molar-refractivity contribution in [2.45, 2.75) is 26.7 Å². The van der Waals surface area contributed by atoms with Gasteiger partial charge in [-0.25, -0.2) is 4.98 Å². The Kier molecular flexibility index (Phi) is 5.81. The maximum Gasteiger partial charge on any atom is 0.210 e. The lowest BCUT2D eigenvalue weighted by atomic mass is 9.99. The van der Waals surface area contributed by atoms with Crippen LogP contribution >= 0.6 is 23.2 Å². The van der Waals surface area contributed by atoms with E-state index in [0.29, 0.717) is 27.2 Å². The Morgan fingerprint density at radius 3 is 2.59 bits per heavy atom. The molecule has 2 aromatic rings. The molecule has 0 saturated heterocycles. The van der Waals surface area contributed by atoms with Crippen LogP contribution < -0.4 is 0 Å². The van der Waals surface area contributed by atoms with Crippen LogP contribution in [0.3, 0.4) is 0 Å². The molecule has 3 nitrogen and oxygen atoms in total. The van der Waals surface area contributed by atoms with Crippen molar-refractivity contribution in [1.82, 2.24) is 9.55 Å². The molecule has 0 amide bonds. The van der Waals surface area contributed by atoms with Crippen molar-refractivity contribution in [1.29, 1.82) is 0 Å². The van der Waals surface area contributed by atoms with E-state index < -0.39 is 0 Å². The Labute approximate surface area is 140 Å². The molecular formula is C17H18Cl2N2O. The SMILES string of the molecule is CCC(/C=C(/C(=O)c1ccc(Cl)cc1Cl)n1ccnc1)CC. The summed E-state index contributed by atoms with van der Waals surface area (Å²) in [5.41, 5.74) is 1.01. The Balaban J connectivity index is 2.47. The molecule has 0 saturated carbocycles. The molecule has 0 aliphatic heterocycles. The van der Waals surface area contributed by atoms with Gasteiger partial charge in [-0.2, -0.15) is 0 Å². The molecule has 0 fully saturated rings. The van der Waals surface area contributed by atoms with Gasteiger partial charge >= 0.3 is 0 Å². The molecule has 0 bridgehead atoms. The average molecular weight is 337 g/mol. The fraction of sp³-hybridized carbons (Fsp3) is 0.294. The second kappa shape index (κ2) is 7.61. The van der Waals surface area contributed by atoms with E-state index in [1.807, 2.05) is 6.08 Å². The zero-order chi connectivity index (χ0) is 16.1. The quantitative estimate of drug-likeness (QED) is 0.526. The minimum absolute atomic E-state index is 0.133. The van der Waals surface area contributed by atoms with Gasteiger partial charge in [-0.15, -0.1) is 0 Å². The van der Waals surface area contributed by atoms with Crippen molar-refractivity contribution < 1.29 is 4.79 Å². The number of hydrogen-bond acceptors (Lipinski definition) is 2. The van der Waals surface area contributed by atoms with Gasteiger partial charge in [-0.05, 0) is 37.0 Å². The first-order valence-electron chi connectivity index (χ1n) is 7.26. The number of nitrogens with zero attached hydrogens (tertiary/aromatic N) is 2. The fourth-order valence-corrected chi connectivity index (χ4v) is 2.73. The van der Waals surface area contributed by atoms with E-state index in [1.165, 1.54) is 0 Å². The van der Waals surface area contributed by atoms with Gasteiger partial charge in [0.05, 0.1) is 17.0 Å². The molecule has 0 unspecified atom stereocenters. The summed E-state index contributed by atoms with van der Waals surface area (Å²) in [7, 11) is 0. The van der Waals surface area contributed by atoms with E-state index in [0.717, 1.165) is 12.8 Å². The van der Waals surface area contributed by atoms with Crippen molar-refractivity contribution in [3.63, 3.8) is 0 Å². The lowest BCUT2D eigenvalue weighted by Gasteiger charge is -2.13. The van der Waals surface area contributed by atoms with Crippen LogP contribution in [-0.4, -0.2) is 15.3 Å². The Morgan fingerprint density at radius 1 is 1.32 bits per heavy atom. The molecule has 22 heavy (non-hydrogen) atoms. The van der Waals surface area contributed by atoms with Gasteiger partial charge in [-0.1, -0.05) is 43.1 Å². The Hall–Kier alpha value is -1.58. The van der Waals surface area contributed by atoms with Gasteiger partial charge in [0, 0.05) is 23.0 Å². The van der Waals surface area contributed by atoms with Gasteiger partial charge in [0.15, 0.2) is 0 Å². The van der Waals surface area contributed by atoms with Crippen LogP contribution in [0.2, 0.25) is 10.0 Å². The van der Waals surface area contributed by atoms with Gasteiger partial charge < -0.3 is 4.57 Å². The molecule has 2 rings (SSSR count). The molecule has 0 aliphatic rings. The Bertz CT molecular complexity index is 674. The zero-order valence-electron chi connectivity index (χ0n) is 12.6. The first-order chi connectivity index (χ1) is 10.6. The van der Waals surface area contributed by atoms with Crippen molar-refractivity contribution >= 4 is 34.7 Å². The highest BCUT2D eigenvalue weighted by Gasteiger charge is 2.18. The van der Waals surface area contributed by atoms with Crippen molar-refractivity contribution in [3.05, 3.63) is 58.6 Å². The topological polar surface area (TPSA) is 34.9 Å². The predicted octanol–water partition coefficient (Wildman–Crippen LogP) is 5.35. The van der Waals surface area contributed by atoms with Crippen molar-refractivity contribution in [3.8, 4) is 0 Å². The zero-order valence-corrected chi connectivity index (χ0v) is 14.1. The third-order valence-electron chi connectivity index (χ3n) is 3.63. The summed E-state index contributed by atoms with van der Waals surface area (Å²) < 4.78 is 1.73. The smallest absolute Gasteiger partial charge is 0.210 e. The van der Waals surface area contributed by atoms with E-state index in [9.17, 15) is 4.79 Å². The number of halogens is 2. The van der Waals surface area contributed by atoms with Crippen LogP contribution in [0.15, 0.2) is 43.0 Å². The maximum atomic E-state index is 12.9. The molecule has 116 valence electrons. The molecule has 0 spiro atoms. The Morgan fingerprint density at radius 2 is 2.05 bits per heavy atom. The van der Waals surface area contributed by atoms with Crippen LogP contribution in [0.1, 0.15) is 37.0 Å². The van der Waals surface area contributed by atoms with Crippen LogP contribution in [0, 0.1) is 5.92 Å². The molecular weight excluding hydrogens is 319 g/mol. The summed E-state index contributed by atoms with van der Waals surface area (Å²) in [5, 5.41) is 0.864. The van der Waals surface area contributed by atoms with Crippen LogP contribution in [0.25, 0.3) is 5.70 Å². The lowest BCUT2D eigenvalue weighted by molar-refractivity contribution is 0.105. The van der Waals surface area contributed by atoms with E-state index in [2.05, 4.69) is 18.8 Å². The highest BCUT2D eigenvalue weighted by Crippen LogP contribution is 2.26. The lowest BCUT2D eigenvalue weighted by Crippen LogP contribution is -2.11. The minimum Gasteiger partial charge on any atom is -0.303 e. The number of benzene rings is 1. The summed E-state index contributed by atoms with van der Waals surface area (Å²) in [5.74, 6) is 0.194. The van der Waals surface area contributed by atoms with Crippen molar-refractivity contribution in [2.75, 3.05) is 0 Å². The molecule has 5 heteroatoms. The molecule has 1 aromatic heterocycles. The number of hydrogen-bond donors (Lipinski definition) is 0. The third-order valence-corrected chi connectivity index (χ3v) is 4.18. The van der Waals surface area contributed by atoms with Crippen LogP contribution in [0.4, 0.5) is 0 Å². The number of carbonyl (C=O) groups is 1. The van der Waals surface area contributed by atoms with E-state index >= 15 is 0 Å². The second-order valence-corrected chi connectivity index (χ2v) is 5.90. The second-order valence-electron chi connectivity index (χ2n) is 5.05. The number of imidazole rings is 1. The van der Waals surface area contributed by atoms with Crippen molar-refractivity contribution in [2.24, 2.45) is 5.92 Å². The van der Waals surface area contributed by atoms with Gasteiger partial charge in [-0.3, -0.25) is 4.79 Å². The van der Waals surface area contributed by atoms with Gasteiger partial charge in [0.2, 0.25) is 5.78 Å². The number of Topliss-reactive ketones (excluding diaryl/α,β-unsaturated/α-hetero) is 1. The summed E-state index contributed by atoms with van der Waals surface area (Å²) in [6.07, 6.45) is 8.96. The van der Waals surface area contributed by atoms with Crippen LogP contribution in [0.5, 0.6) is 0 Å². The predicted molar refractivity (Wildman–Crippen MR) is 91.4 cm³/mol. The monoisotopic (exact) mass is 336 g/mol. The summed E-state index contributed by atoms with van der Waals surface area (Å²) in [6, 6.07) is 4.91. The van der Waals surface area contributed by atoms with E-state index in [1.54, 1.807) is 41.5 Å². The third kappa shape index (κ3) is 3.79.